The number of aromatic nitrogens is 2. The Bertz CT molecular complexity index is 746. The first-order valence-electron chi connectivity index (χ1n) is 8.34. The third kappa shape index (κ3) is 6.30. The minimum Gasteiger partial charge on any atom is -0.336 e. The van der Waals surface area contributed by atoms with Crippen molar-refractivity contribution in [3.05, 3.63) is 29.8 Å². The molecular formula is C17H23N5O2S2. The molecule has 1 atom stereocenters. The highest BCUT2D eigenvalue weighted by atomic mass is 32.2. The van der Waals surface area contributed by atoms with Crippen LogP contribution in [0.1, 0.15) is 33.3 Å². The fourth-order valence-electron chi connectivity index (χ4n) is 1.97. The average Bonchev–Trinajstić information content (AvgIpc) is 3.01. The molecule has 2 rings (SSSR count). The summed E-state index contributed by atoms with van der Waals surface area (Å²) in [6.45, 7) is 7.49. The fourth-order valence-corrected chi connectivity index (χ4v) is 3.89. The molecule has 0 aliphatic rings. The standard InChI is InChI=1S/C17H23N5O2S2/c1-5-12-6-8-13(9-7-12)19-16-21-22-17(26-16)25-11(4)14(23)20-15(24)18-10(2)3/h6-11H,5H2,1-4H3,(H,19,21)(H2,18,20,23,24)/t11-/m1/s1. The first-order chi connectivity index (χ1) is 12.4. The van der Waals surface area contributed by atoms with Gasteiger partial charge in [0, 0.05) is 11.7 Å². The summed E-state index contributed by atoms with van der Waals surface area (Å²) in [6.07, 6.45) is 0.995. The summed E-state index contributed by atoms with van der Waals surface area (Å²) in [5.41, 5.74) is 2.21. The highest BCUT2D eigenvalue weighted by molar-refractivity contribution is 8.02. The van der Waals surface area contributed by atoms with Gasteiger partial charge in [0.05, 0.1) is 5.25 Å². The zero-order valence-electron chi connectivity index (χ0n) is 15.2. The van der Waals surface area contributed by atoms with Gasteiger partial charge in [-0.05, 0) is 44.9 Å². The van der Waals surface area contributed by atoms with Gasteiger partial charge in [0.15, 0.2) is 4.34 Å². The number of aryl methyl sites for hydroxylation is 1. The van der Waals surface area contributed by atoms with Crippen LogP contribution in [-0.2, 0) is 11.2 Å². The topological polar surface area (TPSA) is 96.0 Å². The molecule has 1 heterocycles. The molecule has 1 aromatic heterocycles. The van der Waals surface area contributed by atoms with Crippen LogP contribution >= 0.6 is 23.1 Å². The summed E-state index contributed by atoms with van der Waals surface area (Å²) in [6, 6.07) is 7.59. The number of anilines is 2. The molecule has 0 spiro atoms. The lowest BCUT2D eigenvalue weighted by molar-refractivity contribution is -0.119. The van der Waals surface area contributed by atoms with Crippen LogP contribution in [0, 0.1) is 0 Å². The van der Waals surface area contributed by atoms with Crippen molar-refractivity contribution in [2.45, 2.75) is 49.7 Å². The molecule has 0 fully saturated rings. The van der Waals surface area contributed by atoms with Gasteiger partial charge >= 0.3 is 6.03 Å². The number of hydrogen-bond donors (Lipinski definition) is 3. The molecule has 9 heteroatoms. The molecule has 3 N–H and O–H groups in total. The number of urea groups is 1. The first kappa shape index (κ1) is 20.2. The summed E-state index contributed by atoms with van der Waals surface area (Å²) in [5, 5.41) is 16.5. The highest BCUT2D eigenvalue weighted by Crippen LogP contribution is 2.30. The van der Waals surface area contributed by atoms with Gasteiger partial charge in [0.1, 0.15) is 0 Å². The van der Waals surface area contributed by atoms with E-state index in [0.717, 1.165) is 12.1 Å². The largest absolute Gasteiger partial charge is 0.336 e. The van der Waals surface area contributed by atoms with E-state index in [1.807, 2.05) is 26.0 Å². The number of benzene rings is 1. The molecule has 2 aromatic rings. The highest BCUT2D eigenvalue weighted by Gasteiger charge is 2.19. The minimum absolute atomic E-state index is 0.0334. The van der Waals surface area contributed by atoms with Crippen LogP contribution in [-0.4, -0.2) is 33.4 Å². The third-order valence-corrected chi connectivity index (χ3v) is 5.35. The number of nitrogens with one attached hydrogen (secondary N) is 3. The zero-order chi connectivity index (χ0) is 19.1. The van der Waals surface area contributed by atoms with Crippen molar-refractivity contribution >= 4 is 45.9 Å². The molecule has 0 radical (unpaired) electrons. The molecule has 7 nitrogen and oxygen atoms in total. The zero-order valence-corrected chi connectivity index (χ0v) is 16.8. The predicted molar refractivity (Wildman–Crippen MR) is 106 cm³/mol. The average molecular weight is 394 g/mol. The van der Waals surface area contributed by atoms with E-state index >= 15 is 0 Å². The molecule has 0 aliphatic heterocycles. The van der Waals surface area contributed by atoms with Gasteiger partial charge in [-0.25, -0.2) is 4.79 Å². The number of carbonyl (C=O) groups is 2. The lowest BCUT2D eigenvalue weighted by Crippen LogP contribution is -2.45. The number of rotatable bonds is 7. The van der Waals surface area contributed by atoms with E-state index in [9.17, 15) is 9.59 Å². The molecule has 140 valence electrons. The Morgan fingerprint density at radius 1 is 1.15 bits per heavy atom. The second kappa shape index (κ2) is 9.54. The van der Waals surface area contributed by atoms with Crippen molar-refractivity contribution in [3.63, 3.8) is 0 Å². The molecule has 1 aromatic carbocycles. The molecule has 0 bridgehead atoms. The maximum atomic E-state index is 12.0. The Morgan fingerprint density at radius 3 is 2.46 bits per heavy atom. The molecule has 0 saturated heterocycles. The normalized spacial score (nSPS) is 11.9. The lowest BCUT2D eigenvalue weighted by atomic mass is 10.1. The second-order valence-corrected chi connectivity index (χ2v) is 8.49. The van der Waals surface area contributed by atoms with Gasteiger partial charge in [0.25, 0.3) is 0 Å². The summed E-state index contributed by atoms with van der Waals surface area (Å²) in [7, 11) is 0. The number of amides is 3. The SMILES string of the molecule is CCc1ccc(Nc2nnc(S[C@H](C)C(=O)NC(=O)NC(C)C)s2)cc1. The summed E-state index contributed by atoms with van der Waals surface area (Å²) < 4.78 is 0.657. The molecule has 0 saturated carbocycles. The predicted octanol–water partition coefficient (Wildman–Crippen LogP) is 3.56. The number of carbonyl (C=O) groups excluding carboxylic acids is 2. The van der Waals surface area contributed by atoms with E-state index < -0.39 is 11.3 Å². The van der Waals surface area contributed by atoms with Gasteiger partial charge in [-0.1, -0.05) is 42.2 Å². The monoisotopic (exact) mass is 393 g/mol. The van der Waals surface area contributed by atoms with Crippen LogP contribution in [0.4, 0.5) is 15.6 Å². The smallest absolute Gasteiger partial charge is 0.321 e. The summed E-state index contributed by atoms with van der Waals surface area (Å²) >= 11 is 2.62. The van der Waals surface area contributed by atoms with Crippen molar-refractivity contribution in [1.82, 2.24) is 20.8 Å². The Kier molecular flexibility index (Phi) is 7.40. The van der Waals surface area contributed by atoms with Crippen LogP contribution in [0.3, 0.4) is 0 Å². The van der Waals surface area contributed by atoms with Gasteiger partial charge < -0.3 is 10.6 Å². The fraction of sp³-hybridized carbons (Fsp3) is 0.412. The van der Waals surface area contributed by atoms with Crippen LogP contribution in [0.5, 0.6) is 0 Å². The summed E-state index contributed by atoms with van der Waals surface area (Å²) in [4.78, 5) is 23.6. The first-order valence-corrected chi connectivity index (χ1v) is 10.0. The van der Waals surface area contributed by atoms with Crippen molar-refractivity contribution in [2.24, 2.45) is 0 Å². The van der Waals surface area contributed by atoms with Crippen LogP contribution in [0.15, 0.2) is 28.6 Å². The number of hydrogen-bond acceptors (Lipinski definition) is 7. The number of nitrogens with zero attached hydrogens (tertiary/aromatic N) is 2. The molecular weight excluding hydrogens is 370 g/mol. The molecule has 26 heavy (non-hydrogen) atoms. The van der Waals surface area contributed by atoms with Crippen molar-refractivity contribution < 1.29 is 9.59 Å². The Hall–Kier alpha value is -2.13. The van der Waals surface area contributed by atoms with Crippen molar-refractivity contribution in [3.8, 4) is 0 Å². The Morgan fingerprint density at radius 2 is 1.85 bits per heavy atom. The van der Waals surface area contributed by atoms with E-state index in [-0.39, 0.29) is 11.9 Å². The van der Waals surface area contributed by atoms with E-state index in [4.69, 9.17) is 0 Å². The summed E-state index contributed by atoms with van der Waals surface area (Å²) in [5.74, 6) is -0.368. The van der Waals surface area contributed by atoms with Gasteiger partial charge in [-0.2, -0.15) is 0 Å². The molecule has 0 aliphatic carbocycles. The van der Waals surface area contributed by atoms with E-state index in [0.29, 0.717) is 9.47 Å². The lowest BCUT2D eigenvalue weighted by Gasteiger charge is -2.11. The Balaban J connectivity index is 1.88. The van der Waals surface area contributed by atoms with Crippen LogP contribution < -0.4 is 16.0 Å². The maximum absolute atomic E-state index is 12.0. The van der Waals surface area contributed by atoms with Gasteiger partial charge in [0.2, 0.25) is 11.0 Å². The second-order valence-electron chi connectivity index (χ2n) is 5.93. The Labute approximate surface area is 161 Å². The van der Waals surface area contributed by atoms with Gasteiger partial charge in [-0.3, -0.25) is 10.1 Å². The number of thioether (sulfide) groups is 1. The quantitative estimate of drug-likeness (QED) is 0.623. The van der Waals surface area contributed by atoms with Crippen LogP contribution in [0.25, 0.3) is 0 Å². The van der Waals surface area contributed by atoms with E-state index in [1.165, 1.54) is 28.7 Å². The third-order valence-electron chi connectivity index (χ3n) is 3.32. The van der Waals surface area contributed by atoms with Crippen molar-refractivity contribution in [1.29, 1.82) is 0 Å². The molecule has 3 amide bonds. The maximum Gasteiger partial charge on any atom is 0.321 e. The van der Waals surface area contributed by atoms with E-state index in [2.05, 4.69) is 45.2 Å². The minimum atomic E-state index is -0.493. The van der Waals surface area contributed by atoms with Gasteiger partial charge in [-0.15, -0.1) is 10.2 Å². The van der Waals surface area contributed by atoms with Crippen LogP contribution in [0.2, 0.25) is 0 Å². The number of imide groups is 1. The molecule has 0 unspecified atom stereocenters. The van der Waals surface area contributed by atoms with E-state index in [1.54, 1.807) is 6.92 Å². The van der Waals surface area contributed by atoms with Crippen molar-refractivity contribution in [2.75, 3.05) is 5.32 Å².